The van der Waals surface area contributed by atoms with Crippen LogP contribution in [0.4, 0.5) is 5.69 Å². The van der Waals surface area contributed by atoms with Crippen molar-refractivity contribution < 1.29 is 27.6 Å². The van der Waals surface area contributed by atoms with Crippen LogP contribution in [-0.2, 0) is 21.4 Å². The van der Waals surface area contributed by atoms with Crippen molar-refractivity contribution in [2.45, 2.75) is 43.7 Å². The van der Waals surface area contributed by atoms with Crippen LogP contribution in [-0.4, -0.2) is 35.7 Å². The zero-order chi connectivity index (χ0) is 30.6. The molecule has 0 aliphatic carbocycles. The summed E-state index contributed by atoms with van der Waals surface area (Å²) >= 11 is 12.3. The van der Waals surface area contributed by atoms with Crippen LogP contribution in [0.5, 0.6) is 5.75 Å². The van der Waals surface area contributed by atoms with Crippen molar-refractivity contribution in [3.63, 3.8) is 0 Å². The van der Waals surface area contributed by atoms with Gasteiger partial charge >= 0.3 is 5.97 Å². The van der Waals surface area contributed by atoms with Gasteiger partial charge in [0.25, 0.3) is 15.9 Å². The summed E-state index contributed by atoms with van der Waals surface area (Å²) in [4.78, 5) is 16.7. The van der Waals surface area contributed by atoms with Gasteiger partial charge in [-0.05, 0) is 65.7 Å². The molecule has 43 heavy (non-hydrogen) atoms. The van der Waals surface area contributed by atoms with E-state index < -0.39 is 22.0 Å². The Labute approximate surface area is 258 Å². The molecule has 1 atom stereocenters. The third kappa shape index (κ3) is 6.77. The number of benzene rings is 4. The number of aliphatic carboxylic acids is 1. The predicted molar refractivity (Wildman–Crippen MR) is 165 cm³/mol. The number of unbranched alkanes of at least 4 members (excludes halogenated alkanes) is 1. The fourth-order valence-corrected chi connectivity index (χ4v) is 7.05. The number of para-hydroxylation sites is 1. The molecule has 0 bridgehead atoms. The Morgan fingerprint density at radius 3 is 2.44 bits per heavy atom. The summed E-state index contributed by atoms with van der Waals surface area (Å²) in [6, 6.07) is 22.1. The van der Waals surface area contributed by atoms with Crippen molar-refractivity contribution in [2.75, 3.05) is 4.31 Å². The third-order valence-electron chi connectivity index (χ3n) is 6.72. The van der Waals surface area contributed by atoms with Crippen LogP contribution < -0.4 is 9.04 Å². The Kier molecular flexibility index (Phi) is 9.19. The average Bonchev–Trinajstić information content (AvgIpc) is 3.46. The minimum atomic E-state index is -4.40. The Balaban J connectivity index is 1.54. The molecule has 5 rings (SSSR count). The lowest BCUT2D eigenvalue weighted by molar-refractivity contribution is -0.138. The second-order valence-electron chi connectivity index (χ2n) is 9.73. The molecule has 1 heterocycles. The first-order chi connectivity index (χ1) is 20.7. The molecule has 1 aromatic heterocycles. The number of hydrogen-bond donors (Lipinski definition) is 1. The molecule has 0 spiro atoms. The van der Waals surface area contributed by atoms with Crippen LogP contribution in [0.2, 0.25) is 10.0 Å². The maximum Gasteiger partial charge on any atom is 0.327 e. The highest BCUT2D eigenvalue weighted by molar-refractivity contribution is 7.93. The van der Waals surface area contributed by atoms with Crippen molar-refractivity contribution in [2.24, 2.45) is 0 Å². The van der Waals surface area contributed by atoms with E-state index in [1.165, 1.54) is 18.2 Å². The summed E-state index contributed by atoms with van der Waals surface area (Å²) in [5.41, 5.74) is 0.797. The van der Waals surface area contributed by atoms with E-state index in [9.17, 15) is 18.3 Å². The topological polar surface area (TPSA) is 123 Å². The number of ether oxygens (including phenoxy) is 1. The second kappa shape index (κ2) is 13.0. The first-order valence-electron chi connectivity index (χ1n) is 13.4. The molecule has 222 valence electrons. The summed E-state index contributed by atoms with van der Waals surface area (Å²) in [5.74, 6) is 0.0133. The van der Waals surface area contributed by atoms with Gasteiger partial charge in [0, 0.05) is 15.6 Å². The Morgan fingerprint density at radius 1 is 1.00 bits per heavy atom. The van der Waals surface area contributed by atoms with E-state index in [2.05, 4.69) is 10.1 Å². The number of halogens is 2. The van der Waals surface area contributed by atoms with E-state index >= 15 is 0 Å². The van der Waals surface area contributed by atoms with E-state index in [0.29, 0.717) is 40.8 Å². The van der Waals surface area contributed by atoms with Gasteiger partial charge in [-0.1, -0.05) is 84.5 Å². The lowest BCUT2D eigenvalue weighted by atomic mass is 10.0. The molecule has 0 radical (unpaired) electrons. The summed E-state index contributed by atoms with van der Waals surface area (Å²) in [6.45, 7) is 2.01. The van der Waals surface area contributed by atoms with E-state index in [-0.39, 0.29) is 39.5 Å². The van der Waals surface area contributed by atoms with Crippen molar-refractivity contribution in [1.82, 2.24) is 10.1 Å². The van der Waals surface area contributed by atoms with Crippen LogP contribution in [0, 0.1) is 0 Å². The maximum absolute atomic E-state index is 14.0. The smallest absolute Gasteiger partial charge is 0.327 e. The van der Waals surface area contributed by atoms with Gasteiger partial charge in [-0.2, -0.15) is 4.98 Å². The molecule has 0 amide bonds. The van der Waals surface area contributed by atoms with Gasteiger partial charge in [-0.3, -0.25) is 4.31 Å². The van der Waals surface area contributed by atoms with Gasteiger partial charge in [0.15, 0.2) is 6.61 Å². The number of aromatic nitrogens is 2. The van der Waals surface area contributed by atoms with Gasteiger partial charge in [-0.25, -0.2) is 13.2 Å². The monoisotopic (exact) mass is 639 g/mol. The van der Waals surface area contributed by atoms with Crippen LogP contribution in [0.1, 0.15) is 32.0 Å². The SMILES string of the molecule is CCCCC(C(=O)O)N(c1ccc2c(-c3nc(COc4ccccc4)no3)cccc2c1)S(=O)(=O)c1cc(Cl)cc(Cl)c1. The molecular formula is C31H27Cl2N3O6S. The van der Waals surface area contributed by atoms with Gasteiger partial charge in [0.1, 0.15) is 11.8 Å². The maximum atomic E-state index is 14.0. The number of carbonyl (C=O) groups is 1. The Hall–Kier alpha value is -4.12. The van der Waals surface area contributed by atoms with Crippen LogP contribution in [0.15, 0.2) is 94.3 Å². The lowest BCUT2D eigenvalue weighted by Gasteiger charge is -2.30. The van der Waals surface area contributed by atoms with Gasteiger partial charge in [0.2, 0.25) is 5.82 Å². The zero-order valence-corrected chi connectivity index (χ0v) is 25.3. The highest BCUT2D eigenvalue weighted by Crippen LogP contribution is 2.35. The highest BCUT2D eigenvalue weighted by atomic mass is 35.5. The standard InChI is InChI=1S/C31H27Cl2N3O6S/c1-2-3-12-28(31(37)38)36(43(39,40)25-17-21(32)16-22(33)18-25)23-13-14-26-20(15-23)8-7-11-27(26)30-34-29(35-42-30)19-41-24-9-5-4-6-10-24/h4-11,13-18,28H,2-3,12,19H2,1H3,(H,37,38). The number of sulfonamides is 1. The van der Waals surface area contributed by atoms with E-state index in [1.807, 2.05) is 37.3 Å². The second-order valence-corrected chi connectivity index (χ2v) is 12.4. The molecule has 0 saturated carbocycles. The quantitative estimate of drug-likeness (QED) is 0.148. The number of nitrogens with zero attached hydrogens (tertiary/aromatic N) is 3. The van der Waals surface area contributed by atoms with Crippen molar-refractivity contribution >= 4 is 55.7 Å². The highest BCUT2D eigenvalue weighted by Gasteiger charge is 2.36. The first kappa shape index (κ1) is 30.3. The minimum Gasteiger partial charge on any atom is -0.485 e. The van der Waals surface area contributed by atoms with Crippen LogP contribution >= 0.6 is 23.2 Å². The van der Waals surface area contributed by atoms with Crippen molar-refractivity contribution in [3.05, 3.63) is 101 Å². The number of anilines is 1. The van der Waals surface area contributed by atoms with Crippen LogP contribution in [0.25, 0.3) is 22.2 Å². The average molecular weight is 641 g/mol. The first-order valence-corrected chi connectivity index (χ1v) is 15.6. The lowest BCUT2D eigenvalue weighted by Crippen LogP contribution is -2.45. The number of fused-ring (bicyclic) bond motifs is 1. The zero-order valence-electron chi connectivity index (χ0n) is 23.0. The number of rotatable bonds is 12. The molecule has 0 saturated heterocycles. The normalized spacial score (nSPS) is 12.3. The van der Waals surface area contributed by atoms with E-state index in [1.54, 1.807) is 36.4 Å². The number of carboxylic acids is 1. The molecule has 9 nitrogen and oxygen atoms in total. The molecule has 12 heteroatoms. The van der Waals surface area contributed by atoms with Crippen LogP contribution in [0.3, 0.4) is 0 Å². The fraction of sp³-hybridized carbons (Fsp3) is 0.194. The molecule has 4 aromatic carbocycles. The summed E-state index contributed by atoms with van der Waals surface area (Å²) in [6.07, 6.45) is 1.29. The fourth-order valence-electron chi connectivity index (χ4n) is 4.70. The minimum absolute atomic E-state index is 0.104. The van der Waals surface area contributed by atoms with Gasteiger partial charge < -0.3 is 14.4 Å². The number of carboxylic acid groups (broad SMARTS) is 1. The largest absolute Gasteiger partial charge is 0.485 e. The summed E-state index contributed by atoms with van der Waals surface area (Å²) in [5, 5.41) is 15.8. The Morgan fingerprint density at radius 2 is 1.74 bits per heavy atom. The Bertz CT molecular complexity index is 1840. The van der Waals surface area contributed by atoms with Crippen molar-refractivity contribution in [1.29, 1.82) is 0 Å². The van der Waals surface area contributed by atoms with E-state index in [0.717, 1.165) is 4.31 Å². The van der Waals surface area contributed by atoms with Gasteiger partial charge in [0.05, 0.1) is 10.6 Å². The molecule has 0 aliphatic heterocycles. The molecule has 1 N–H and O–H groups in total. The molecule has 1 unspecified atom stereocenters. The summed E-state index contributed by atoms with van der Waals surface area (Å²) in [7, 11) is -4.40. The molecular weight excluding hydrogens is 613 g/mol. The molecule has 0 aliphatic rings. The summed E-state index contributed by atoms with van der Waals surface area (Å²) < 4.78 is 40.2. The van der Waals surface area contributed by atoms with Gasteiger partial charge in [-0.15, -0.1) is 0 Å². The van der Waals surface area contributed by atoms with Crippen molar-refractivity contribution in [3.8, 4) is 17.2 Å². The third-order valence-corrected chi connectivity index (χ3v) is 8.97. The molecule has 0 fully saturated rings. The molecule has 5 aromatic rings. The van der Waals surface area contributed by atoms with E-state index in [4.69, 9.17) is 32.5 Å². The number of hydrogen-bond acceptors (Lipinski definition) is 7. The predicted octanol–water partition coefficient (Wildman–Crippen LogP) is 7.61.